The molecule has 1 rings (SSSR count). The summed E-state index contributed by atoms with van der Waals surface area (Å²) in [5.74, 6) is -0.566. The third-order valence-electron chi connectivity index (χ3n) is 2.12. The molecular formula is C10H12Br2FNO2. The molecular weight excluding hydrogens is 345 g/mol. The third-order valence-corrected chi connectivity index (χ3v) is 3.23. The molecule has 3 N–H and O–H groups in total. The minimum absolute atomic E-state index is 0.0611. The van der Waals surface area contributed by atoms with Gasteiger partial charge >= 0.3 is 0 Å². The van der Waals surface area contributed by atoms with Crippen molar-refractivity contribution in [3.05, 3.63) is 32.5 Å². The minimum Gasteiger partial charge on any atom is -0.389 e. The first kappa shape index (κ1) is 14.1. The van der Waals surface area contributed by atoms with Crippen LogP contribution in [0.4, 0.5) is 4.39 Å². The maximum atomic E-state index is 13.6. The SMILES string of the molecule is CNCC(O)C(O)c1c(F)cc(Br)cc1Br. The second-order valence-corrected chi connectivity index (χ2v) is 5.12. The summed E-state index contributed by atoms with van der Waals surface area (Å²) in [5, 5.41) is 22.1. The molecule has 1 aromatic carbocycles. The predicted molar refractivity (Wildman–Crippen MR) is 66.7 cm³/mol. The van der Waals surface area contributed by atoms with Gasteiger partial charge in [0.2, 0.25) is 0 Å². The Kier molecular flexibility index (Phi) is 5.33. The van der Waals surface area contributed by atoms with Crippen molar-refractivity contribution in [3.8, 4) is 0 Å². The molecule has 0 spiro atoms. The molecule has 2 atom stereocenters. The number of aliphatic hydroxyl groups excluding tert-OH is 2. The zero-order chi connectivity index (χ0) is 12.3. The van der Waals surface area contributed by atoms with E-state index in [-0.39, 0.29) is 12.1 Å². The molecule has 0 aliphatic rings. The Morgan fingerprint density at radius 1 is 1.38 bits per heavy atom. The Balaban J connectivity index is 3.03. The van der Waals surface area contributed by atoms with Gasteiger partial charge in [-0.15, -0.1) is 0 Å². The Bertz CT molecular complexity index is 353. The molecule has 16 heavy (non-hydrogen) atoms. The average Bonchev–Trinajstić information content (AvgIpc) is 2.16. The standard InChI is InChI=1S/C10H12Br2FNO2/c1-14-4-8(15)10(16)9-6(12)2-5(11)3-7(9)13/h2-3,8,10,14-16H,4H2,1H3. The van der Waals surface area contributed by atoms with Crippen LogP contribution in [-0.4, -0.2) is 29.9 Å². The van der Waals surface area contributed by atoms with Gasteiger partial charge in [0, 0.05) is 21.1 Å². The molecule has 0 aliphatic heterocycles. The molecule has 0 aromatic heterocycles. The van der Waals surface area contributed by atoms with Crippen LogP contribution in [0.25, 0.3) is 0 Å². The van der Waals surface area contributed by atoms with E-state index >= 15 is 0 Å². The van der Waals surface area contributed by atoms with Crippen LogP contribution in [0.5, 0.6) is 0 Å². The van der Waals surface area contributed by atoms with E-state index in [1.807, 2.05) is 0 Å². The molecule has 1 aromatic rings. The van der Waals surface area contributed by atoms with E-state index in [9.17, 15) is 14.6 Å². The molecule has 0 aliphatic carbocycles. The molecule has 0 radical (unpaired) electrons. The lowest BCUT2D eigenvalue weighted by molar-refractivity contribution is 0.0177. The molecule has 0 heterocycles. The summed E-state index contributed by atoms with van der Waals surface area (Å²) in [5.41, 5.74) is 0.0611. The summed E-state index contributed by atoms with van der Waals surface area (Å²) in [6.45, 7) is 0.184. The monoisotopic (exact) mass is 355 g/mol. The second-order valence-electron chi connectivity index (χ2n) is 3.35. The highest BCUT2D eigenvalue weighted by Gasteiger charge is 2.23. The van der Waals surface area contributed by atoms with E-state index in [1.54, 1.807) is 13.1 Å². The van der Waals surface area contributed by atoms with Gasteiger partial charge in [0.15, 0.2) is 0 Å². The molecule has 3 nitrogen and oxygen atoms in total. The topological polar surface area (TPSA) is 52.5 Å². The van der Waals surface area contributed by atoms with Crippen molar-refractivity contribution >= 4 is 31.9 Å². The highest BCUT2D eigenvalue weighted by atomic mass is 79.9. The van der Waals surface area contributed by atoms with Gasteiger partial charge in [0.05, 0.1) is 6.10 Å². The fourth-order valence-electron chi connectivity index (χ4n) is 1.35. The van der Waals surface area contributed by atoms with Gasteiger partial charge in [0.25, 0.3) is 0 Å². The maximum absolute atomic E-state index is 13.6. The predicted octanol–water partition coefficient (Wildman–Crippen LogP) is 1.96. The second kappa shape index (κ2) is 6.07. The maximum Gasteiger partial charge on any atom is 0.131 e. The zero-order valence-electron chi connectivity index (χ0n) is 8.54. The Morgan fingerprint density at radius 3 is 2.50 bits per heavy atom. The highest BCUT2D eigenvalue weighted by Crippen LogP contribution is 2.31. The van der Waals surface area contributed by atoms with Gasteiger partial charge in [-0.25, -0.2) is 4.39 Å². The molecule has 0 bridgehead atoms. The Hall–Kier alpha value is -0.0100. The lowest BCUT2D eigenvalue weighted by Crippen LogP contribution is -2.30. The number of halogens is 3. The molecule has 0 fully saturated rings. The normalized spacial score (nSPS) is 14.9. The van der Waals surface area contributed by atoms with Crippen LogP contribution in [-0.2, 0) is 0 Å². The van der Waals surface area contributed by atoms with Crippen molar-refractivity contribution in [1.82, 2.24) is 5.32 Å². The zero-order valence-corrected chi connectivity index (χ0v) is 11.7. The minimum atomic E-state index is -1.27. The number of benzene rings is 1. The van der Waals surface area contributed by atoms with Crippen molar-refractivity contribution in [2.24, 2.45) is 0 Å². The molecule has 90 valence electrons. The Morgan fingerprint density at radius 2 is 2.00 bits per heavy atom. The van der Waals surface area contributed by atoms with E-state index in [0.717, 1.165) is 0 Å². The number of nitrogens with one attached hydrogen (secondary N) is 1. The molecule has 2 unspecified atom stereocenters. The van der Waals surface area contributed by atoms with Crippen molar-refractivity contribution in [2.45, 2.75) is 12.2 Å². The number of hydrogen-bond acceptors (Lipinski definition) is 3. The smallest absolute Gasteiger partial charge is 0.131 e. The quantitative estimate of drug-likeness (QED) is 0.773. The molecule has 0 amide bonds. The number of likely N-dealkylation sites (N-methyl/N-ethyl adjacent to an activating group) is 1. The van der Waals surface area contributed by atoms with Crippen LogP contribution in [0.1, 0.15) is 11.7 Å². The van der Waals surface area contributed by atoms with Gasteiger partial charge in [-0.1, -0.05) is 31.9 Å². The van der Waals surface area contributed by atoms with Gasteiger partial charge in [-0.3, -0.25) is 0 Å². The fraction of sp³-hybridized carbons (Fsp3) is 0.400. The molecule has 6 heteroatoms. The van der Waals surface area contributed by atoms with Crippen LogP contribution in [0, 0.1) is 5.82 Å². The summed E-state index contributed by atoms with van der Waals surface area (Å²) in [4.78, 5) is 0. The summed E-state index contributed by atoms with van der Waals surface area (Å²) in [6, 6.07) is 2.86. The van der Waals surface area contributed by atoms with Crippen LogP contribution >= 0.6 is 31.9 Å². The van der Waals surface area contributed by atoms with Crippen molar-refractivity contribution in [3.63, 3.8) is 0 Å². The van der Waals surface area contributed by atoms with Crippen LogP contribution in [0.3, 0.4) is 0 Å². The van der Waals surface area contributed by atoms with Gasteiger partial charge in [0.1, 0.15) is 11.9 Å². The lowest BCUT2D eigenvalue weighted by atomic mass is 10.0. The number of rotatable bonds is 4. The highest BCUT2D eigenvalue weighted by molar-refractivity contribution is 9.11. The van der Waals surface area contributed by atoms with Gasteiger partial charge < -0.3 is 15.5 Å². The fourth-order valence-corrected chi connectivity index (χ4v) is 2.76. The first-order valence-electron chi connectivity index (χ1n) is 4.62. The van der Waals surface area contributed by atoms with E-state index in [2.05, 4.69) is 37.2 Å². The van der Waals surface area contributed by atoms with Crippen LogP contribution < -0.4 is 5.32 Å². The van der Waals surface area contributed by atoms with E-state index in [1.165, 1.54) is 6.07 Å². The van der Waals surface area contributed by atoms with Crippen molar-refractivity contribution in [2.75, 3.05) is 13.6 Å². The van der Waals surface area contributed by atoms with Crippen molar-refractivity contribution in [1.29, 1.82) is 0 Å². The summed E-state index contributed by atoms with van der Waals surface area (Å²) >= 11 is 6.29. The summed E-state index contributed by atoms with van der Waals surface area (Å²) < 4.78 is 14.6. The van der Waals surface area contributed by atoms with Crippen LogP contribution in [0.2, 0.25) is 0 Å². The van der Waals surface area contributed by atoms with Gasteiger partial charge in [-0.2, -0.15) is 0 Å². The lowest BCUT2D eigenvalue weighted by Gasteiger charge is -2.19. The van der Waals surface area contributed by atoms with Crippen molar-refractivity contribution < 1.29 is 14.6 Å². The largest absolute Gasteiger partial charge is 0.389 e. The number of aliphatic hydroxyl groups is 2. The van der Waals surface area contributed by atoms with Crippen LogP contribution in [0.15, 0.2) is 21.1 Å². The Labute approximate surface area is 110 Å². The average molecular weight is 357 g/mol. The first-order valence-corrected chi connectivity index (χ1v) is 6.21. The summed E-state index contributed by atoms with van der Waals surface area (Å²) in [6.07, 6.45) is -2.33. The summed E-state index contributed by atoms with van der Waals surface area (Å²) in [7, 11) is 1.64. The molecule has 0 saturated carbocycles. The first-order chi connectivity index (χ1) is 7.47. The van der Waals surface area contributed by atoms with Gasteiger partial charge in [-0.05, 0) is 19.2 Å². The van der Waals surface area contributed by atoms with E-state index < -0.39 is 18.0 Å². The van der Waals surface area contributed by atoms with E-state index in [4.69, 9.17) is 0 Å². The molecule has 0 saturated heterocycles. The number of hydrogen-bond donors (Lipinski definition) is 3. The van der Waals surface area contributed by atoms with E-state index in [0.29, 0.717) is 8.95 Å². The third kappa shape index (κ3) is 3.24.